The summed E-state index contributed by atoms with van der Waals surface area (Å²) in [6.45, 7) is 0. The van der Waals surface area contributed by atoms with E-state index in [0.29, 0.717) is 0 Å². The van der Waals surface area contributed by atoms with Crippen LogP contribution in [0.1, 0.15) is 0 Å². The topological polar surface area (TPSA) is 97.8 Å². The van der Waals surface area contributed by atoms with Crippen LogP contribution in [0.2, 0.25) is 0 Å². The molecule has 6 nitrogen and oxygen atoms in total. The second kappa shape index (κ2) is 5.88. The predicted molar refractivity (Wildman–Crippen MR) is 62.7 cm³/mol. The molecule has 0 aliphatic heterocycles. The monoisotopic (exact) mass is 312 g/mol. The van der Waals surface area contributed by atoms with E-state index in [2.05, 4.69) is 14.7 Å². The minimum absolute atomic E-state index is 0. The molecule has 18 heavy (non-hydrogen) atoms. The zero-order valence-corrected chi connectivity index (χ0v) is 13.1. The van der Waals surface area contributed by atoms with E-state index in [1.54, 1.807) is 6.07 Å². The Balaban J connectivity index is 0.00000162. The molecule has 0 amide bonds. The number of hydrogen-bond acceptors (Lipinski definition) is 4. The van der Waals surface area contributed by atoms with Crippen molar-refractivity contribution in [1.29, 1.82) is 0 Å². The third-order valence-electron chi connectivity index (χ3n) is 1.91. The van der Waals surface area contributed by atoms with Crippen molar-refractivity contribution in [3.05, 3.63) is 53.2 Å². The number of hydrogen-bond donors (Lipinski definition) is 0. The largest absolute Gasteiger partial charge is 2.00 e. The Bertz CT molecular complexity index is 602. The Kier molecular flexibility index (Phi) is 4.75. The van der Waals surface area contributed by atoms with Crippen molar-refractivity contribution in [3.63, 3.8) is 0 Å². The fraction of sp³-hybridized carbons (Fsp3) is 0. The number of nitrogens with zero attached hydrogens (tertiary/aromatic N) is 3. The molecule has 0 spiro atoms. The van der Waals surface area contributed by atoms with Gasteiger partial charge in [0.15, 0.2) is 0 Å². The van der Waals surface area contributed by atoms with Crippen molar-refractivity contribution in [2.24, 2.45) is 0 Å². The molecule has 1 N–H and O–H groups in total. The second-order valence-corrected chi connectivity index (χ2v) is 4.74. The van der Waals surface area contributed by atoms with Gasteiger partial charge in [-0.1, -0.05) is 18.2 Å². The predicted octanol–water partition coefficient (Wildman–Crippen LogP) is 2.55. The molecule has 0 atom stereocenters. The Morgan fingerprint density at radius 3 is 2.17 bits per heavy atom. The molecule has 88 valence electrons. The summed E-state index contributed by atoms with van der Waals surface area (Å²) in [4.78, 5) is 7.44. The van der Waals surface area contributed by atoms with Crippen molar-refractivity contribution in [3.8, 4) is 0 Å². The van der Waals surface area contributed by atoms with Crippen LogP contribution in [-0.2, 0) is 29.5 Å². The first-order valence-electron chi connectivity index (χ1n) is 4.65. The van der Waals surface area contributed by atoms with Gasteiger partial charge in [-0.15, -0.1) is 5.69 Å². The SMILES string of the molecule is [NH-]c1ccc(S(=O)(=O)[N-]c2ncccn2)cc1.[Zn+2]. The van der Waals surface area contributed by atoms with Crippen LogP contribution >= 0.6 is 0 Å². The van der Waals surface area contributed by atoms with E-state index >= 15 is 0 Å². The van der Waals surface area contributed by atoms with Gasteiger partial charge in [0.2, 0.25) is 10.0 Å². The molecule has 0 unspecified atom stereocenters. The summed E-state index contributed by atoms with van der Waals surface area (Å²) in [6, 6.07) is 6.98. The van der Waals surface area contributed by atoms with E-state index in [1.807, 2.05) is 0 Å². The van der Waals surface area contributed by atoms with Gasteiger partial charge in [0.05, 0.1) is 4.90 Å². The number of rotatable bonds is 3. The van der Waals surface area contributed by atoms with Crippen LogP contribution < -0.4 is 0 Å². The Morgan fingerprint density at radius 1 is 1.06 bits per heavy atom. The number of sulfonamides is 1. The van der Waals surface area contributed by atoms with Gasteiger partial charge in [-0.2, -0.15) is 0 Å². The Labute approximate surface area is 117 Å². The first-order chi connectivity index (χ1) is 8.08. The van der Waals surface area contributed by atoms with Gasteiger partial charge < -0.3 is 15.7 Å². The molecule has 0 aliphatic carbocycles. The normalized spacial score (nSPS) is 10.4. The fourth-order valence-electron chi connectivity index (χ4n) is 1.13. The molecule has 0 radical (unpaired) electrons. The molecule has 8 heteroatoms. The molecule has 1 aromatic heterocycles. The minimum Gasteiger partial charge on any atom is -0.699 e. The van der Waals surface area contributed by atoms with Crippen molar-refractivity contribution < 1.29 is 27.9 Å². The first kappa shape index (κ1) is 14.5. The summed E-state index contributed by atoms with van der Waals surface area (Å²) in [5, 5.41) is 0. The van der Waals surface area contributed by atoms with Gasteiger partial charge in [-0.3, -0.25) is 4.72 Å². The third-order valence-corrected chi connectivity index (χ3v) is 3.18. The van der Waals surface area contributed by atoms with E-state index in [1.165, 1.54) is 36.7 Å². The number of aromatic nitrogens is 2. The van der Waals surface area contributed by atoms with Crippen LogP contribution in [0.3, 0.4) is 0 Å². The van der Waals surface area contributed by atoms with Gasteiger partial charge in [-0.25, -0.2) is 8.42 Å². The summed E-state index contributed by atoms with van der Waals surface area (Å²) in [6.07, 6.45) is 2.82. The summed E-state index contributed by atoms with van der Waals surface area (Å²) >= 11 is 0. The zero-order chi connectivity index (χ0) is 12.3. The van der Waals surface area contributed by atoms with Gasteiger partial charge in [-0.05, 0) is 24.5 Å². The standard InChI is InChI=1S/C10H8N4O2S.Zn/c11-8-2-4-9(5-3-8)17(15,16)14-10-12-6-1-7-13-10;/h1-7,11H;/q-2;+2. The number of nitrogens with one attached hydrogen (secondary N) is 1. The average molecular weight is 314 g/mol. The van der Waals surface area contributed by atoms with Crippen molar-refractivity contribution >= 4 is 21.7 Å². The fourth-order valence-corrected chi connectivity index (χ4v) is 2.02. The van der Waals surface area contributed by atoms with Crippen molar-refractivity contribution in [1.82, 2.24) is 9.97 Å². The maximum atomic E-state index is 11.8. The van der Waals surface area contributed by atoms with Crippen LogP contribution in [0.5, 0.6) is 0 Å². The molecule has 0 aliphatic rings. The molecule has 1 aromatic carbocycles. The van der Waals surface area contributed by atoms with E-state index in [-0.39, 0.29) is 36.0 Å². The molecular formula is C10H8N4O2SZn. The zero-order valence-electron chi connectivity index (χ0n) is 9.31. The average Bonchev–Trinajstić information content (AvgIpc) is 2.30. The van der Waals surface area contributed by atoms with Crippen molar-refractivity contribution in [2.45, 2.75) is 4.90 Å². The molecule has 0 saturated carbocycles. The van der Waals surface area contributed by atoms with Crippen LogP contribution in [0.4, 0.5) is 11.6 Å². The maximum Gasteiger partial charge on any atom is 2.00 e. The van der Waals surface area contributed by atoms with Gasteiger partial charge in [0, 0.05) is 5.95 Å². The van der Waals surface area contributed by atoms with Gasteiger partial charge >= 0.3 is 19.5 Å². The molecule has 0 bridgehead atoms. The Hall–Kier alpha value is -1.53. The van der Waals surface area contributed by atoms with Crippen LogP contribution in [0, 0.1) is 0 Å². The molecule has 0 fully saturated rings. The quantitative estimate of drug-likeness (QED) is 0.813. The summed E-state index contributed by atoms with van der Waals surface area (Å²) in [7, 11) is -3.81. The summed E-state index contributed by atoms with van der Waals surface area (Å²) in [5.41, 5.74) is 7.50. The summed E-state index contributed by atoms with van der Waals surface area (Å²) in [5.74, 6) is -0.109. The van der Waals surface area contributed by atoms with Gasteiger partial charge in [0.1, 0.15) is 0 Å². The molecule has 2 rings (SSSR count). The molecule has 2 aromatic rings. The number of benzene rings is 1. The van der Waals surface area contributed by atoms with Crippen LogP contribution in [0.15, 0.2) is 47.6 Å². The van der Waals surface area contributed by atoms with Gasteiger partial charge in [0.25, 0.3) is 0 Å². The van der Waals surface area contributed by atoms with Crippen LogP contribution in [0.25, 0.3) is 10.5 Å². The van der Waals surface area contributed by atoms with Crippen LogP contribution in [-0.4, -0.2) is 18.4 Å². The second-order valence-electron chi connectivity index (χ2n) is 3.14. The maximum absolute atomic E-state index is 11.8. The van der Waals surface area contributed by atoms with E-state index in [9.17, 15) is 8.42 Å². The van der Waals surface area contributed by atoms with E-state index in [4.69, 9.17) is 5.73 Å². The minimum atomic E-state index is -3.81. The molecular weight excluding hydrogens is 306 g/mol. The smallest absolute Gasteiger partial charge is 0.699 e. The summed E-state index contributed by atoms with van der Waals surface area (Å²) < 4.78 is 27.1. The molecule has 1 heterocycles. The third kappa shape index (κ3) is 3.48. The van der Waals surface area contributed by atoms with E-state index < -0.39 is 10.0 Å². The van der Waals surface area contributed by atoms with Crippen molar-refractivity contribution in [2.75, 3.05) is 0 Å². The van der Waals surface area contributed by atoms with E-state index in [0.717, 1.165) is 0 Å². The first-order valence-corrected chi connectivity index (χ1v) is 6.09. The molecule has 0 saturated heterocycles. The Morgan fingerprint density at radius 2 is 1.61 bits per heavy atom.